The Labute approximate surface area is 114 Å². The van der Waals surface area contributed by atoms with E-state index in [-0.39, 0.29) is 11.9 Å². The maximum atomic E-state index is 11.9. The molecule has 2 rings (SSSR count). The number of hydrogen-bond donors (Lipinski definition) is 2. The van der Waals surface area contributed by atoms with E-state index in [9.17, 15) is 4.79 Å². The lowest BCUT2D eigenvalue weighted by molar-refractivity contribution is -0.123. The number of amides is 1. The first-order chi connectivity index (χ1) is 9.18. The molecule has 1 aliphatic heterocycles. The standard InChI is InChI=1S/C13H23N5O/c1-10(2)12-17-16-9-18(12)8-7-15-13(19)11-5-3-4-6-14-11/h9-11,14H,3-8H2,1-2H3,(H,15,19)/t11-/m1/s1. The average Bonchev–Trinajstić information content (AvgIpc) is 2.88. The molecule has 1 saturated heterocycles. The molecule has 1 atom stereocenters. The highest BCUT2D eigenvalue weighted by atomic mass is 16.2. The average molecular weight is 265 g/mol. The molecule has 1 aromatic rings. The molecule has 6 heteroatoms. The number of nitrogens with one attached hydrogen (secondary N) is 2. The minimum absolute atomic E-state index is 0.0146. The molecule has 6 nitrogen and oxygen atoms in total. The fraction of sp³-hybridized carbons (Fsp3) is 0.769. The number of piperidine rings is 1. The van der Waals surface area contributed by atoms with Crippen LogP contribution in [0.3, 0.4) is 0 Å². The monoisotopic (exact) mass is 265 g/mol. The molecule has 2 heterocycles. The van der Waals surface area contributed by atoms with Crippen LogP contribution >= 0.6 is 0 Å². The molecule has 19 heavy (non-hydrogen) atoms. The summed E-state index contributed by atoms with van der Waals surface area (Å²) in [6.07, 6.45) is 4.96. The van der Waals surface area contributed by atoms with Crippen molar-refractivity contribution in [3.8, 4) is 0 Å². The third-order valence-corrected chi connectivity index (χ3v) is 3.44. The van der Waals surface area contributed by atoms with Gasteiger partial charge in [-0.25, -0.2) is 0 Å². The topological polar surface area (TPSA) is 71.8 Å². The van der Waals surface area contributed by atoms with Crippen molar-refractivity contribution in [2.24, 2.45) is 0 Å². The second-order valence-corrected chi connectivity index (χ2v) is 5.33. The van der Waals surface area contributed by atoms with E-state index in [1.807, 2.05) is 4.57 Å². The van der Waals surface area contributed by atoms with E-state index in [0.29, 0.717) is 12.5 Å². The number of carbonyl (C=O) groups is 1. The summed E-state index contributed by atoms with van der Waals surface area (Å²) in [4.78, 5) is 11.9. The Balaban J connectivity index is 1.76. The van der Waals surface area contributed by atoms with Crippen molar-refractivity contribution in [2.45, 2.75) is 51.6 Å². The molecule has 0 spiro atoms. The van der Waals surface area contributed by atoms with Gasteiger partial charge >= 0.3 is 0 Å². The second kappa shape index (κ2) is 6.65. The van der Waals surface area contributed by atoms with Crippen LogP contribution in [0.15, 0.2) is 6.33 Å². The number of nitrogens with zero attached hydrogens (tertiary/aromatic N) is 3. The van der Waals surface area contributed by atoms with Crippen molar-refractivity contribution < 1.29 is 4.79 Å². The van der Waals surface area contributed by atoms with E-state index in [1.165, 1.54) is 6.42 Å². The third kappa shape index (κ3) is 3.76. The van der Waals surface area contributed by atoms with E-state index < -0.39 is 0 Å². The fourth-order valence-electron chi connectivity index (χ4n) is 2.38. The zero-order chi connectivity index (χ0) is 13.7. The summed E-state index contributed by atoms with van der Waals surface area (Å²) in [5.74, 6) is 1.42. The summed E-state index contributed by atoms with van der Waals surface area (Å²) in [6.45, 7) is 6.46. The molecule has 0 bridgehead atoms. The van der Waals surface area contributed by atoms with E-state index in [4.69, 9.17) is 0 Å². The lowest BCUT2D eigenvalue weighted by Crippen LogP contribution is -2.47. The van der Waals surface area contributed by atoms with Gasteiger partial charge in [-0.2, -0.15) is 0 Å². The predicted octanol–water partition coefficient (Wildman–Crippen LogP) is 0.660. The summed E-state index contributed by atoms with van der Waals surface area (Å²) < 4.78 is 2.00. The normalized spacial score (nSPS) is 19.6. The van der Waals surface area contributed by atoms with Crippen molar-refractivity contribution in [1.29, 1.82) is 0 Å². The van der Waals surface area contributed by atoms with Crippen LogP contribution in [0.5, 0.6) is 0 Å². The van der Waals surface area contributed by atoms with Crippen molar-refractivity contribution in [3.63, 3.8) is 0 Å². The highest BCUT2D eigenvalue weighted by Gasteiger charge is 2.19. The molecule has 0 saturated carbocycles. The van der Waals surface area contributed by atoms with Crippen molar-refractivity contribution in [1.82, 2.24) is 25.4 Å². The lowest BCUT2D eigenvalue weighted by atomic mass is 10.0. The van der Waals surface area contributed by atoms with Gasteiger partial charge in [0.2, 0.25) is 5.91 Å². The Hall–Kier alpha value is -1.43. The SMILES string of the molecule is CC(C)c1nncn1CCNC(=O)[C@H]1CCCCN1. The first-order valence-electron chi connectivity index (χ1n) is 7.07. The number of hydrogen-bond acceptors (Lipinski definition) is 4. The van der Waals surface area contributed by atoms with Crippen LogP contribution in [0.25, 0.3) is 0 Å². The number of aromatic nitrogens is 3. The van der Waals surface area contributed by atoms with Gasteiger partial charge in [-0.05, 0) is 19.4 Å². The van der Waals surface area contributed by atoms with Gasteiger partial charge in [-0.3, -0.25) is 4.79 Å². The molecule has 0 aromatic carbocycles. The molecular weight excluding hydrogens is 242 g/mol. The van der Waals surface area contributed by atoms with Gasteiger partial charge in [0.25, 0.3) is 0 Å². The van der Waals surface area contributed by atoms with Gasteiger partial charge in [0.1, 0.15) is 12.2 Å². The molecule has 1 aromatic heterocycles. The molecule has 106 valence electrons. The third-order valence-electron chi connectivity index (χ3n) is 3.44. The quantitative estimate of drug-likeness (QED) is 0.820. The maximum Gasteiger partial charge on any atom is 0.237 e. The van der Waals surface area contributed by atoms with Crippen LogP contribution < -0.4 is 10.6 Å². The van der Waals surface area contributed by atoms with E-state index in [0.717, 1.165) is 31.8 Å². The largest absolute Gasteiger partial charge is 0.353 e. The predicted molar refractivity (Wildman–Crippen MR) is 72.8 cm³/mol. The zero-order valence-electron chi connectivity index (χ0n) is 11.7. The molecule has 0 aliphatic carbocycles. The smallest absolute Gasteiger partial charge is 0.237 e. The number of carbonyl (C=O) groups excluding carboxylic acids is 1. The van der Waals surface area contributed by atoms with Crippen LogP contribution in [-0.4, -0.2) is 39.8 Å². The lowest BCUT2D eigenvalue weighted by Gasteiger charge is -2.22. The Kier molecular flexibility index (Phi) is 4.90. The molecule has 2 N–H and O–H groups in total. The summed E-state index contributed by atoms with van der Waals surface area (Å²) in [7, 11) is 0. The Bertz CT molecular complexity index is 409. The first-order valence-corrected chi connectivity index (χ1v) is 7.07. The summed E-state index contributed by atoms with van der Waals surface area (Å²) in [5.41, 5.74) is 0. The van der Waals surface area contributed by atoms with E-state index in [1.54, 1.807) is 6.33 Å². The second-order valence-electron chi connectivity index (χ2n) is 5.33. The zero-order valence-corrected chi connectivity index (χ0v) is 11.7. The minimum atomic E-state index is -0.0146. The Morgan fingerprint density at radius 2 is 2.42 bits per heavy atom. The van der Waals surface area contributed by atoms with Crippen LogP contribution in [0.2, 0.25) is 0 Å². The molecule has 0 unspecified atom stereocenters. The van der Waals surface area contributed by atoms with Gasteiger partial charge in [0.05, 0.1) is 6.04 Å². The van der Waals surface area contributed by atoms with Crippen molar-refractivity contribution >= 4 is 5.91 Å². The minimum Gasteiger partial charge on any atom is -0.353 e. The van der Waals surface area contributed by atoms with Crippen molar-refractivity contribution in [3.05, 3.63) is 12.2 Å². The fourth-order valence-corrected chi connectivity index (χ4v) is 2.38. The highest BCUT2D eigenvalue weighted by Crippen LogP contribution is 2.10. The van der Waals surface area contributed by atoms with E-state index in [2.05, 4.69) is 34.7 Å². The number of rotatable bonds is 5. The summed E-state index contributed by atoms with van der Waals surface area (Å²) in [6, 6.07) is -0.0146. The summed E-state index contributed by atoms with van der Waals surface area (Å²) >= 11 is 0. The maximum absolute atomic E-state index is 11.9. The highest BCUT2D eigenvalue weighted by molar-refractivity contribution is 5.81. The van der Waals surface area contributed by atoms with Gasteiger partial charge in [0, 0.05) is 19.0 Å². The molecule has 1 aliphatic rings. The molecule has 0 radical (unpaired) electrons. The Morgan fingerprint density at radius 3 is 3.11 bits per heavy atom. The van der Waals surface area contributed by atoms with E-state index >= 15 is 0 Å². The summed E-state index contributed by atoms with van der Waals surface area (Å²) in [5, 5.41) is 14.2. The molecule has 1 fully saturated rings. The Morgan fingerprint density at radius 1 is 1.58 bits per heavy atom. The van der Waals surface area contributed by atoms with Crippen LogP contribution in [0.1, 0.15) is 44.9 Å². The molecule has 1 amide bonds. The van der Waals surface area contributed by atoms with Crippen molar-refractivity contribution in [2.75, 3.05) is 13.1 Å². The van der Waals surface area contributed by atoms with Gasteiger partial charge < -0.3 is 15.2 Å². The van der Waals surface area contributed by atoms with Gasteiger partial charge in [0.15, 0.2) is 0 Å². The van der Waals surface area contributed by atoms with Gasteiger partial charge in [-0.1, -0.05) is 20.3 Å². The van der Waals surface area contributed by atoms with Crippen LogP contribution in [0, 0.1) is 0 Å². The molecular formula is C13H23N5O. The first kappa shape index (κ1) is 14.0. The van der Waals surface area contributed by atoms with Gasteiger partial charge in [-0.15, -0.1) is 10.2 Å². The van der Waals surface area contributed by atoms with Crippen LogP contribution in [0.4, 0.5) is 0 Å². The van der Waals surface area contributed by atoms with Crippen LogP contribution in [-0.2, 0) is 11.3 Å².